The molecule has 21 heteroatoms. The molecule has 51 heavy (non-hydrogen) atoms. The number of benzene rings is 2. The number of ether oxygens (including phenoxy) is 1. The van der Waals surface area contributed by atoms with Crippen LogP contribution < -0.4 is 10.1 Å². The summed E-state index contributed by atoms with van der Waals surface area (Å²) in [5.41, 5.74) is 0.562. The minimum atomic E-state index is -5.98. The summed E-state index contributed by atoms with van der Waals surface area (Å²) in [5.74, 6) is -9.21. The number of para-hydroxylation sites is 1. The molecule has 0 fully saturated rings. The van der Waals surface area contributed by atoms with Gasteiger partial charge in [0.2, 0.25) is 0 Å². The fraction of sp³-hybridized carbons (Fsp3) is 0.233. The first-order valence-corrected chi connectivity index (χ1v) is 15.7. The Hall–Kier alpha value is -4.73. The summed E-state index contributed by atoms with van der Waals surface area (Å²) in [6.45, 7) is 0.676. The quantitative estimate of drug-likeness (QED) is 0.0876. The fourth-order valence-electron chi connectivity index (χ4n) is 4.71. The average Bonchev–Trinajstić information content (AvgIpc) is 3.68. The largest absolute Gasteiger partial charge is 0.573 e. The number of amides is 1. The van der Waals surface area contributed by atoms with E-state index in [1.54, 1.807) is 13.0 Å². The van der Waals surface area contributed by atoms with E-state index in [0.29, 0.717) is 13.9 Å². The van der Waals surface area contributed by atoms with Gasteiger partial charge in [0.25, 0.3) is 11.7 Å². The van der Waals surface area contributed by atoms with E-state index in [-0.39, 0.29) is 45.5 Å². The molecule has 0 radical (unpaired) electrons. The van der Waals surface area contributed by atoms with E-state index in [9.17, 15) is 44.7 Å². The van der Waals surface area contributed by atoms with Crippen LogP contribution in [0.15, 0.2) is 60.8 Å². The van der Waals surface area contributed by atoms with Gasteiger partial charge in [0.1, 0.15) is 18.0 Å². The molecule has 0 spiro atoms. The fourth-order valence-corrected chi connectivity index (χ4v) is 5.69. The molecular weight excluding hydrogens is 835 g/mol. The van der Waals surface area contributed by atoms with Gasteiger partial charge in [0, 0.05) is 33.9 Å². The van der Waals surface area contributed by atoms with Gasteiger partial charge < -0.3 is 10.1 Å². The number of nitrogens with one attached hydrogen (secondary N) is 1. The van der Waals surface area contributed by atoms with Crippen LogP contribution in [0, 0.1) is 10.5 Å². The van der Waals surface area contributed by atoms with Crippen molar-refractivity contribution < 1.29 is 49.4 Å². The zero-order valence-corrected chi connectivity index (χ0v) is 28.4. The summed E-state index contributed by atoms with van der Waals surface area (Å²) in [7, 11) is 0. The van der Waals surface area contributed by atoms with Crippen LogP contribution in [0.4, 0.5) is 35.1 Å². The third-order valence-electron chi connectivity index (χ3n) is 7.04. The Labute approximate surface area is 300 Å². The first kappa shape index (κ1) is 37.5. The lowest BCUT2D eigenvalue weighted by Gasteiger charge is -2.16. The minimum absolute atomic E-state index is 0.0305. The van der Waals surface area contributed by atoms with Gasteiger partial charge in [-0.3, -0.25) is 9.59 Å². The maximum absolute atomic E-state index is 13.9. The number of hydrogen-bond donors (Lipinski definition) is 1. The number of carbonyl (C=O) groups is 2. The van der Waals surface area contributed by atoms with E-state index in [1.165, 1.54) is 48.7 Å². The maximum atomic E-state index is 13.9. The molecule has 0 bridgehead atoms. The molecule has 3 aromatic heterocycles. The highest BCUT2D eigenvalue weighted by Crippen LogP contribution is 2.42. The Kier molecular flexibility index (Phi) is 10.7. The first-order chi connectivity index (χ1) is 23.8. The lowest BCUT2D eigenvalue weighted by atomic mass is 9.95. The third-order valence-corrected chi connectivity index (χ3v) is 7.95. The van der Waals surface area contributed by atoms with Crippen LogP contribution in [0.1, 0.15) is 49.1 Å². The molecule has 0 aliphatic carbocycles. The second-order valence-electron chi connectivity index (χ2n) is 10.6. The average molecular weight is 855 g/mol. The molecule has 0 aliphatic rings. The molecule has 268 valence electrons. The number of halogens is 10. The van der Waals surface area contributed by atoms with E-state index in [2.05, 4.69) is 35.5 Å². The molecule has 1 N–H and O–H groups in total. The molecule has 2 aromatic carbocycles. The van der Waals surface area contributed by atoms with E-state index >= 15 is 0 Å². The lowest BCUT2D eigenvalue weighted by Crippen LogP contribution is -2.35. The van der Waals surface area contributed by atoms with Crippen molar-refractivity contribution in [3.05, 3.63) is 109 Å². The molecule has 0 saturated heterocycles. The number of Topliss-reactive ketones (excluding diaryl/α,β-unsaturated/α-hetero) is 1. The van der Waals surface area contributed by atoms with E-state index < -0.39 is 54.7 Å². The summed E-state index contributed by atoms with van der Waals surface area (Å²) in [6.07, 6.45) is -10.0. The third kappa shape index (κ3) is 8.60. The van der Waals surface area contributed by atoms with Crippen molar-refractivity contribution in [2.75, 3.05) is 0 Å². The van der Waals surface area contributed by atoms with Gasteiger partial charge >= 0.3 is 18.5 Å². The van der Waals surface area contributed by atoms with Gasteiger partial charge in [-0.25, -0.2) is 9.67 Å². The number of rotatable bonds is 11. The number of aromatic nitrogens is 7. The van der Waals surface area contributed by atoms with Gasteiger partial charge in [0.05, 0.1) is 10.7 Å². The second-order valence-corrected chi connectivity index (χ2v) is 12.3. The number of aryl methyl sites for hydroxylation is 1. The number of tetrazole rings is 1. The van der Waals surface area contributed by atoms with Crippen LogP contribution >= 0.6 is 34.2 Å². The molecule has 5 aromatic rings. The first-order valence-electron chi connectivity index (χ1n) is 14.2. The van der Waals surface area contributed by atoms with Gasteiger partial charge in [-0.15, -0.1) is 23.4 Å². The highest BCUT2D eigenvalue weighted by Gasteiger charge is 2.62. The van der Waals surface area contributed by atoms with Crippen LogP contribution in [-0.4, -0.2) is 59.2 Å². The molecule has 0 aliphatic heterocycles. The van der Waals surface area contributed by atoms with Crippen LogP contribution in [0.2, 0.25) is 5.02 Å². The highest BCUT2D eigenvalue weighted by molar-refractivity contribution is 14.1. The minimum Gasteiger partial charge on any atom is -0.405 e. The van der Waals surface area contributed by atoms with E-state index in [1.807, 2.05) is 22.6 Å². The van der Waals surface area contributed by atoms with Crippen molar-refractivity contribution >= 4 is 45.9 Å². The summed E-state index contributed by atoms with van der Waals surface area (Å²) in [4.78, 5) is 32.0. The van der Waals surface area contributed by atoms with Crippen molar-refractivity contribution in [2.24, 2.45) is 0 Å². The van der Waals surface area contributed by atoms with Crippen LogP contribution in [0.3, 0.4) is 0 Å². The predicted octanol–water partition coefficient (Wildman–Crippen LogP) is 6.78. The molecule has 0 atom stereocenters. The second kappa shape index (κ2) is 14.5. The van der Waals surface area contributed by atoms with Gasteiger partial charge in [0.15, 0.2) is 11.6 Å². The Morgan fingerprint density at radius 2 is 1.71 bits per heavy atom. The number of hydrogen-bond acceptors (Lipinski definition) is 8. The molecule has 11 nitrogen and oxygen atoms in total. The topological polar surface area (TPSA) is 130 Å². The number of alkyl halides is 8. The maximum Gasteiger partial charge on any atom is 0.573 e. The van der Waals surface area contributed by atoms with Gasteiger partial charge in [-0.2, -0.15) is 31.8 Å². The standard InChI is InChI=1S/C30H20ClF8IN8O3/c1-15-9-17(40)10-20(26(50)42-13-16-5-2-3-7-24(16)51-30(37,38)39)19(15)12-23(49)22-11-18(44-48(22)25-21(31)6-4-8-41-25)14-47-45-27(43-46-47)28(32,33)29(34,35)36/h2-11H,12-14H2,1H3,(H,42,50). The summed E-state index contributed by atoms with van der Waals surface area (Å²) in [6, 6.07) is 12.5. The highest BCUT2D eigenvalue weighted by atomic mass is 127. The van der Waals surface area contributed by atoms with Gasteiger partial charge in [-0.05, 0) is 82.3 Å². The number of ketones is 1. The monoisotopic (exact) mass is 854 g/mol. The summed E-state index contributed by atoms with van der Waals surface area (Å²) < 4.78 is 110. The summed E-state index contributed by atoms with van der Waals surface area (Å²) in [5, 5.41) is 16.1. The zero-order valence-electron chi connectivity index (χ0n) is 25.5. The van der Waals surface area contributed by atoms with E-state index in [4.69, 9.17) is 11.6 Å². The van der Waals surface area contributed by atoms with Gasteiger partial charge in [-0.1, -0.05) is 29.8 Å². The van der Waals surface area contributed by atoms with Crippen molar-refractivity contribution in [3.63, 3.8) is 0 Å². The molecular formula is C30H20ClF8IN8O3. The molecule has 1 amide bonds. The number of nitrogens with zero attached hydrogens (tertiary/aromatic N) is 7. The Morgan fingerprint density at radius 1 is 0.980 bits per heavy atom. The van der Waals surface area contributed by atoms with Crippen LogP contribution in [0.25, 0.3) is 5.82 Å². The van der Waals surface area contributed by atoms with E-state index in [0.717, 1.165) is 10.7 Å². The number of carbonyl (C=O) groups excluding carboxylic acids is 2. The van der Waals surface area contributed by atoms with Crippen molar-refractivity contribution in [1.82, 2.24) is 40.3 Å². The van der Waals surface area contributed by atoms with Crippen LogP contribution in [0.5, 0.6) is 5.75 Å². The Bertz CT molecular complexity index is 2100. The lowest BCUT2D eigenvalue weighted by molar-refractivity contribution is -0.292. The zero-order chi connectivity index (χ0) is 37.3. The normalized spacial score (nSPS) is 12.2. The SMILES string of the molecule is Cc1cc(I)cc(C(=O)NCc2ccccc2OC(F)(F)F)c1CC(=O)c1cc(Cn2nnc(C(F)(F)C(F)(F)F)n2)nn1-c1ncccc1Cl. The smallest absolute Gasteiger partial charge is 0.405 e. The van der Waals surface area contributed by atoms with Crippen molar-refractivity contribution in [2.45, 2.75) is 44.9 Å². The predicted molar refractivity (Wildman–Crippen MR) is 169 cm³/mol. The van der Waals surface area contributed by atoms with Crippen molar-refractivity contribution in [1.29, 1.82) is 0 Å². The molecule has 0 unspecified atom stereocenters. The van der Waals surface area contributed by atoms with Crippen molar-refractivity contribution in [3.8, 4) is 11.6 Å². The van der Waals surface area contributed by atoms with Crippen LogP contribution in [-0.2, 0) is 25.4 Å². The molecule has 5 rings (SSSR count). The Balaban J connectivity index is 1.45. The molecule has 3 heterocycles. The number of pyridine rings is 1. The molecule has 0 saturated carbocycles. The Morgan fingerprint density at radius 3 is 2.39 bits per heavy atom. The summed E-state index contributed by atoms with van der Waals surface area (Å²) >= 11 is 8.27.